The molecule has 0 saturated carbocycles. The lowest BCUT2D eigenvalue weighted by atomic mass is 10.1. The molecular formula is C15H11BrN2O3. The van der Waals surface area contributed by atoms with Crippen molar-refractivity contribution in [3.05, 3.63) is 62.5 Å². The lowest BCUT2D eigenvalue weighted by molar-refractivity contribution is 0.0699. The van der Waals surface area contributed by atoms with E-state index in [4.69, 9.17) is 0 Å². The first-order chi connectivity index (χ1) is 9.99. The molecular weight excluding hydrogens is 336 g/mol. The third-order valence-corrected chi connectivity index (χ3v) is 3.84. The highest BCUT2D eigenvalue weighted by Crippen LogP contribution is 2.23. The van der Waals surface area contributed by atoms with Gasteiger partial charge in [0.05, 0.1) is 22.3 Å². The number of imidazole rings is 1. The van der Waals surface area contributed by atoms with E-state index in [0.717, 1.165) is 15.7 Å². The number of carbonyl (C=O) groups is 1. The minimum Gasteiger partial charge on any atom is -0.478 e. The molecule has 2 N–H and O–H groups in total. The maximum Gasteiger partial charge on any atom is 0.337 e. The van der Waals surface area contributed by atoms with Gasteiger partial charge in [-0.15, -0.1) is 0 Å². The van der Waals surface area contributed by atoms with E-state index in [0.29, 0.717) is 11.0 Å². The Labute approximate surface area is 128 Å². The molecule has 3 aromatic rings. The topological polar surface area (TPSA) is 75.1 Å². The van der Waals surface area contributed by atoms with E-state index in [9.17, 15) is 14.7 Å². The number of rotatable bonds is 2. The fourth-order valence-corrected chi connectivity index (χ4v) is 2.89. The van der Waals surface area contributed by atoms with Crippen molar-refractivity contribution in [3.63, 3.8) is 0 Å². The number of H-pyrrole nitrogens is 1. The van der Waals surface area contributed by atoms with Crippen LogP contribution in [-0.2, 0) is 0 Å². The molecule has 2 aromatic carbocycles. The molecule has 0 saturated heterocycles. The minimum atomic E-state index is -1.07. The Hall–Kier alpha value is -2.34. The minimum absolute atomic E-state index is 0.0816. The second-order valence-electron chi connectivity index (χ2n) is 4.70. The van der Waals surface area contributed by atoms with Crippen LogP contribution in [0.1, 0.15) is 15.9 Å². The van der Waals surface area contributed by atoms with Gasteiger partial charge in [-0.2, -0.15) is 0 Å². The quantitative estimate of drug-likeness (QED) is 0.748. The first-order valence-corrected chi connectivity index (χ1v) is 7.02. The van der Waals surface area contributed by atoms with Crippen molar-refractivity contribution in [1.29, 1.82) is 0 Å². The van der Waals surface area contributed by atoms with Crippen LogP contribution in [0.2, 0.25) is 0 Å². The van der Waals surface area contributed by atoms with E-state index >= 15 is 0 Å². The molecule has 1 heterocycles. The average molecular weight is 347 g/mol. The van der Waals surface area contributed by atoms with Gasteiger partial charge in [0.1, 0.15) is 0 Å². The van der Waals surface area contributed by atoms with Gasteiger partial charge in [-0.1, -0.05) is 22.0 Å². The maximum atomic E-state index is 12.3. The Balaban J connectivity index is 2.39. The Bertz CT molecular complexity index is 924. The monoisotopic (exact) mass is 346 g/mol. The van der Waals surface area contributed by atoms with Gasteiger partial charge in [-0.25, -0.2) is 9.59 Å². The molecule has 0 fully saturated rings. The summed E-state index contributed by atoms with van der Waals surface area (Å²) >= 11 is 3.39. The molecule has 0 aliphatic rings. The predicted octanol–water partition coefficient (Wildman–Crippen LogP) is 3.09. The summed E-state index contributed by atoms with van der Waals surface area (Å²) in [5, 5.41) is 9.21. The number of aryl methyl sites for hydroxylation is 1. The number of carboxylic acids is 1. The molecule has 0 spiro atoms. The lowest BCUT2D eigenvalue weighted by Crippen LogP contribution is -2.15. The van der Waals surface area contributed by atoms with Gasteiger partial charge >= 0.3 is 11.7 Å². The van der Waals surface area contributed by atoms with Crippen molar-refractivity contribution in [2.24, 2.45) is 0 Å². The highest BCUT2D eigenvalue weighted by Gasteiger charge is 2.16. The first-order valence-electron chi connectivity index (χ1n) is 6.22. The van der Waals surface area contributed by atoms with Gasteiger partial charge in [-0.3, -0.25) is 4.57 Å². The summed E-state index contributed by atoms with van der Waals surface area (Å²) < 4.78 is 2.41. The number of benzene rings is 2. The normalized spacial score (nSPS) is 11.0. The van der Waals surface area contributed by atoms with Gasteiger partial charge < -0.3 is 10.1 Å². The number of aromatic amines is 1. The maximum absolute atomic E-state index is 12.3. The van der Waals surface area contributed by atoms with E-state index in [-0.39, 0.29) is 11.3 Å². The van der Waals surface area contributed by atoms with Crippen molar-refractivity contribution >= 4 is 32.9 Å². The molecule has 0 amide bonds. The smallest absolute Gasteiger partial charge is 0.337 e. The molecule has 0 bridgehead atoms. The Morgan fingerprint density at radius 1 is 1.29 bits per heavy atom. The van der Waals surface area contributed by atoms with E-state index < -0.39 is 5.97 Å². The average Bonchev–Trinajstić information content (AvgIpc) is 2.74. The van der Waals surface area contributed by atoms with E-state index in [1.165, 1.54) is 10.6 Å². The summed E-state index contributed by atoms with van der Waals surface area (Å²) in [5.41, 5.74) is 2.23. The molecule has 0 aliphatic heterocycles. The standard InChI is InChI=1S/C15H11BrN2O3/c1-8-7-9(16)5-6-11(8)18-12-4-2-3-10(14(19)20)13(12)17-15(18)21/h2-7H,1H3,(H,17,21)(H,19,20). The van der Waals surface area contributed by atoms with Crippen molar-refractivity contribution in [2.45, 2.75) is 6.92 Å². The van der Waals surface area contributed by atoms with Crippen molar-refractivity contribution in [3.8, 4) is 5.69 Å². The van der Waals surface area contributed by atoms with Gasteiger partial charge in [0.25, 0.3) is 0 Å². The zero-order valence-electron chi connectivity index (χ0n) is 11.1. The van der Waals surface area contributed by atoms with E-state index in [2.05, 4.69) is 20.9 Å². The molecule has 3 rings (SSSR count). The fourth-order valence-electron chi connectivity index (χ4n) is 2.42. The van der Waals surface area contributed by atoms with Crippen LogP contribution in [0.15, 0.2) is 45.7 Å². The molecule has 0 unspecified atom stereocenters. The van der Waals surface area contributed by atoms with Crippen LogP contribution in [-0.4, -0.2) is 20.6 Å². The first kappa shape index (κ1) is 13.6. The summed E-state index contributed by atoms with van der Waals surface area (Å²) in [4.78, 5) is 26.1. The summed E-state index contributed by atoms with van der Waals surface area (Å²) in [6, 6.07) is 10.4. The Morgan fingerprint density at radius 3 is 2.71 bits per heavy atom. The SMILES string of the molecule is Cc1cc(Br)ccc1-n1c(=O)[nH]c2c(C(=O)O)cccc21. The number of para-hydroxylation sites is 1. The largest absolute Gasteiger partial charge is 0.478 e. The number of fused-ring (bicyclic) bond motifs is 1. The number of hydrogen-bond donors (Lipinski definition) is 2. The number of aromatic nitrogens is 2. The van der Waals surface area contributed by atoms with Crippen LogP contribution < -0.4 is 5.69 Å². The van der Waals surface area contributed by atoms with E-state index in [1.54, 1.807) is 12.1 Å². The predicted molar refractivity (Wildman–Crippen MR) is 83.3 cm³/mol. The zero-order chi connectivity index (χ0) is 15.1. The third-order valence-electron chi connectivity index (χ3n) is 3.35. The molecule has 1 aromatic heterocycles. The van der Waals surface area contributed by atoms with Gasteiger partial charge in [-0.05, 0) is 42.8 Å². The highest BCUT2D eigenvalue weighted by atomic mass is 79.9. The second-order valence-corrected chi connectivity index (χ2v) is 5.62. The molecule has 0 aliphatic carbocycles. The van der Waals surface area contributed by atoms with Crippen LogP contribution in [0.3, 0.4) is 0 Å². The molecule has 21 heavy (non-hydrogen) atoms. The summed E-state index contributed by atoms with van der Waals surface area (Å²) in [5.74, 6) is -1.07. The highest BCUT2D eigenvalue weighted by molar-refractivity contribution is 9.10. The number of halogens is 1. The zero-order valence-corrected chi connectivity index (χ0v) is 12.6. The number of hydrogen-bond acceptors (Lipinski definition) is 2. The molecule has 106 valence electrons. The summed E-state index contributed by atoms with van der Waals surface area (Å²) in [6.07, 6.45) is 0. The fraction of sp³-hybridized carbons (Fsp3) is 0.0667. The summed E-state index contributed by atoms with van der Waals surface area (Å²) in [6.45, 7) is 1.90. The van der Waals surface area contributed by atoms with Gasteiger partial charge in [0, 0.05) is 4.47 Å². The molecule has 0 atom stereocenters. The van der Waals surface area contributed by atoms with Crippen LogP contribution in [0.4, 0.5) is 0 Å². The van der Waals surface area contributed by atoms with Crippen molar-refractivity contribution in [1.82, 2.24) is 9.55 Å². The number of nitrogens with zero attached hydrogens (tertiary/aromatic N) is 1. The van der Waals surface area contributed by atoms with Crippen molar-refractivity contribution in [2.75, 3.05) is 0 Å². The van der Waals surface area contributed by atoms with Crippen molar-refractivity contribution < 1.29 is 9.90 Å². The van der Waals surface area contributed by atoms with Crippen LogP contribution in [0, 0.1) is 6.92 Å². The van der Waals surface area contributed by atoms with E-state index in [1.807, 2.05) is 25.1 Å². The van der Waals surface area contributed by atoms with Crippen LogP contribution in [0.25, 0.3) is 16.7 Å². The number of aromatic carboxylic acids is 1. The molecule has 5 nitrogen and oxygen atoms in total. The molecule has 6 heteroatoms. The summed E-state index contributed by atoms with van der Waals surface area (Å²) in [7, 11) is 0. The van der Waals surface area contributed by atoms with Gasteiger partial charge in [0.2, 0.25) is 0 Å². The molecule has 0 radical (unpaired) electrons. The number of carboxylic acid groups (broad SMARTS) is 1. The second kappa shape index (κ2) is 4.89. The van der Waals surface area contributed by atoms with Crippen LogP contribution in [0.5, 0.6) is 0 Å². The Morgan fingerprint density at radius 2 is 2.05 bits per heavy atom. The van der Waals surface area contributed by atoms with Crippen LogP contribution >= 0.6 is 15.9 Å². The lowest BCUT2D eigenvalue weighted by Gasteiger charge is -2.08. The third kappa shape index (κ3) is 2.17. The van der Waals surface area contributed by atoms with Gasteiger partial charge in [0.15, 0.2) is 0 Å². The number of nitrogens with one attached hydrogen (secondary N) is 1. The Kier molecular flexibility index (Phi) is 3.17.